The lowest BCUT2D eigenvalue weighted by molar-refractivity contribution is -0.382. The molecule has 0 unspecified atom stereocenters. The second-order valence-corrected chi connectivity index (χ2v) is 7.21. The molecular weight excluding hydrogens is 336 g/mol. The Morgan fingerprint density at radius 3 is 2.50 bits per heavy atom. The minimum absolute atomic E-state index is 0.0568. The minimum Gasteiger partial charge on any atom is -0.444 e. The van der Waals surface area contributed by atoms with Gasteiger partial charge in [-0.05, 0) is 45.0 Å². The van der Waals surface area contributed by atoms with Crippen LogP contribution in [0.4, 0.5) is 16.2 Å². The Hall–Kier alpha value is -2.90. The van der Waals surface area contributed by atoms with Crippen LogP contribution in [-0.4, -0.2) is 52.7 Å². The maximum Gasteiger partial charge on any atom is 0.410 e. The molecule has 3 rings (SSSR count). The molecule has 26 heavy (non-hydrogen) atoms. The maximum absolute atomic E-state index is 12.2. The number of pyridine rings is 1. The Morgan fingerprint density at radius 1 is 1.19 bits per heavy atom. The number of hydrogen-bond acceptors (Lipinski definition) is 6. The van der Waals surface area contributed by atoms with Crippen LogP contribution in [0.15, 0.2) is 30.5 Å². The van der Waals surface area contributed by atoms with Gasteiger partial charge in [0.15, 0.2) is 0 Å². The normalized spacial score (nSPS) is 15.2. The zero-order chi connectivity index (χ0) is 18.9. The summed E-state index contributed by atoms with van der Waals surface area (Å²) in [4.78, 5) is 31.2. The average Bonchev–Trinajstić information content (AvgIpc) is 2.59. The van der Waals surface area contributed by atoms with E-state index in [-0.39, 0.29) is 16.7 Å². The molecule has 0 bridgehead atoms. The number of nitrogens with zero attached hydrogens (tertiary/aromatic N) is 4. The molecule has 2 heterocycles. The summed E-state index contributed by atoms with van der Waals surface area (Å²) in [6.45, 7) is 7.40. The summed E-state index contributed by atoms with van der Waals surface area (Å²) in [5.41, 5.74) is 0.661. The van der Waals surface area contributed by atoms with Crippen LogP contribution in [0.1, 0.15) is 20.8 Å². The van der Waals surface area contributed by atoms with Gasteiger partial charge >= 0.3 is 11.8 Å². The Morgan fingerprint density at radius 2 is 1.88 bits per heavy atom. The van der Waals surface area contributed by atoms with Gasteiger partial charge in [0, 0.05) is 32.4 Å². The standard InChI is InChI=1S/C18H22N4O4/c1-18(2,3)26-17(23)21-11-9-20(10-12-21)15-7-6-14-13(5-4-8-19-14)16(15)22(24)25/h4-8H,9-12H2,1-3H3. The topological polar surface area (TPSA) is 88.8 Å². The van der Waals surface area contributed by atoms with Gasteiger partial charge in [-0.3, -0.25) is 15.1 Å². The first-order valence-electron chi connectivity index (χ1n) is 8.51. The fourth-order valence-corrected chi connectivity index (χ4v) is 3.03. The van der Waals surface area contributed by atoms with Gasteiger partial charge in [0.2, 0.25) is 0 Å². The van der Waals surface area contributed by atoms with Crippen molar-refractivity contribution in [3.63, 3.8) is 0 Å². The van der Waals surface area contributed by atoms with E-state index in [2.05, 4.69) is 4.98 Å². The number of carbonyl (C=O) groups excluding carboxylic acids is 1. The molecule has 1 aliphatic heterocycles. The van der Waals surface area contributed by atoms with Gasteiger partial charge < -0.3 is 14.5 Å². The molecule has 0 radical (unpaired) electrons. The molecule has 0 spiro atoms. The van der Waals surface area contributed by atoms with E-state index < -0.39 is 5.60 Å². The van der Waals surface area contributed by atoms with Gasteiger partial charge in [-0.1, -0.05) is 0 Å². The lowest BCUT2D eigenvalue weighted by Crippen LogP contribution is -2.50. The van der Waals surface area contributed by atoms with Gasteiger partial charge in [-0.15, -0.1) is 0 Å². The molecule has 138 valence electrons. The van der Waals surface area contributed by atoms with E-state index >= 15 is 0 Å². The Kier molecular flexibility index (Phi) is 4.67. The highest BCUT2D eigenvalue weighted by Crippen LogP contribution is 2.35. The van der Waals surface area contributed by atoms with E-state index in [4.69, 9.17) is 4.74 Å². The highest BCUT2D eigenvalue weighted by Gasteiger charge is 2.29. The number of hydrogen-bond donors (Lipinski definition) is 0. The number of ether oxygens (including phenoxy) is 1. The minimum atomic E-state index is -0.543. The van der Waals surface area contributed by atoms with Gasteiger partial charge in [0.05, 0.1) is 15.8 Å². The molecule has 1 amide bonds. The molecule has 0 atom stereocenters. The summed E-state index contributed by atoms with van der Waals surface area (Å²) in [6.07, 6.45) is 1.26. The number of fused-ring (bicyclic) bond motifs is 1. The number of carbonyl (C=O) groups is 1. The third-order valence-corrected chi connectivity index (χ3v) is 4.19. The van der Waals surface area contributed by atoms with E-state index in [9.17, 15) is 14.9 Å². The Balaban J connectivity index is 1.81. The summed E-state index contributed by atoms with van der Waals surface area (Å²) in [6, 6.07) is 6.93. The summed E-state index contributed by atoms with van der Waals surface area (Å²) >= 11 is 0. The second-order valence-electron chi connectivity index (χ2n) is 7.21. The maximum atomic E-state index is 12.2. The summed E-state index contributed by atoms with van der Waals surface area (Å²) in [5.74, 6) is 0. The van der Waals surface area contributed by atoms with Gasteiger partial charge in [-0.2, -0.15) is 0 Å². The second kappa shape index (κ2) is 6.78. The van der Waals surface area contributed by atoms with Crippen LogP contribution in [0.2, 0.25) is 0 Å². The van der Waals surface area contributed by atoms with Crippen LogP contribution in [-0.2, 0) is 4.74 Å². The largest absolute Gasteiger partial charge is 0.444 e. The van der Waals surface area contributed by atoms with E-state index in [0.717, 1.165) is 0 Å². The number of amides is 1. The molecule has 0 saturated carbocycles. The van der Waals surface area contributed by atoms with Crippen molar-refractivity contribution in [3.8, 4) is 0 Å². The van der Waals surface area contributed by atoms with Crippen molar-refractivity contribution in [1.29, 1.82) is 0 Å². The lowest BCUT2D eigenvalue weighted by Gasteiger charge is -2.36. The Labute approximate surface area is 151 Å². The first-order valence-corrected chi connectivity index (χ1v) is 8.51. The predicted molar refractivity (Wildman–Crippen MR) is 98.4 cm³/mol. The summed E-state index contributed by atoms with van der Waals surface area (Å²) in [7, 11) is 0. The molecule has 1 aromatic carbocycles. The fourth-order valence-electron chi connectivity index (χ4n) is 3.03. The number of piperazine rings is 1. The van der Waals surface area contributed by atoms with Gasteiger partial charge in [-0.25, -0.2) is 4.79 Å². The van der Waals surface area contributed by atoms with E-state index in [1.807, 2.05) is 25.7 Å². The highest BCUT2D eigenvalue weighted by molar-refractivity contribution is 5.94. The molecule has 0 N–H and O–H groups in total. The third kappa shape index (κ3) is 3.68. The van der Waals surface area contributed by atoms with Crippen molar-refractivity contribution < 1.29 is 14.5 Å². The van der Waals surface area contributed by atoms with E-state index in [1.54, 1.807) is 35.4 Å². The number of benzene rings is 1. The quantitative estimate of drug-likeness (QED) is 0.605. The number of nitro benzene ring substituents is 1. The van der Waals surface area contributed by atoms with Crippen molar-refractivity contribution >= 4 is 28.4 Å². The molecule has 2 aromatic rings. The molecular formula is C18H22N4O4. The number of anilines is 1. The van der Waals surface area contributed by atoms with Gasteiger partial charge in [0.25, 0.3) is 0 Å². The summed E-state index contributed by atoms with van der Waals surface area (Å²) in [5, 5.41) is 12.2. The molecule has 1 aliphatic rings. The van der Waals surface area contributed by atoms with Crippen LogP contribution in [0.5, 0.6) is 0 Å². The van der Waals surface area contributed by atoms with E-state index in [0.29, 0.717) is 42.8 Å². The van der Waals surface area contributed by atoms with Crippen molar-refractivity contribution in [3.05, 3.63) is 40.6 Å². The van der Waals surface area contributed by atoms with Crippen LogP contribution in [0.3, 0.4) is 0 Å². The van der Waals surface area contributed by atoms with E-state index in [1.165, 1.54) is 0 Å². The fraction of sp³-hybridized carbons (Fsp3) is 0.444. The van der Waals surface area contributed by atoms with Crippen molar-refractivity contribution in [2.24, 2.45) is 0 Å². The van der Waals surface area contributed by atoms with Crippen LogP contribution < -0.4 is 4.90 Å². The van der Waals surface area contributed by atoms with Crippen molar-refractivity contribution in [1.82, 2.24) is 9.88 Å². The molecule has 1 fully saturated rings. The molecule has 0 aliphatic carbocycles. The SMILES string of the molecule is CC(C)(C)OC(=O)N1CCN(c2ccc3ncccc3c2[N+](=O)[O-])CC1. The zero-order valence-corrected chi connectivity index (χ0v) is 15.1. The monoisotopic (exact) mass is 358 g/mol. The summed E-state index contributed by atoms with van der Waals surface area (Å²) < 4.78 is 5.39. The lowest BCUT2D eigenvalue weighted by atomic mass is 10.1. The molecule has 8 heteroatoms. The first kappa shape index (κ1) is 17.9. The predicted octanol–water partition coefficient (Wildman–Crippen LogP) is 3.20. The van der Waals surface area contributed by atoms with Crippen molar-refractivity contribution in [2.45, 2.75) is 26.4 Å². The van der Waals surface area contributed by atoms with Gasteiger partial charge in [0.1, 0.15) is 11.3 Å². The van der Waals surface area contributed by atoms with Crippen LogP contribution in [0, 0.1) is 10.1 Å². The molecule has 8 nitrogen and oxygen atoms in total. The van der Waals surface area contributed by atoms with Crippen LogP contribution in [0.25, 0.3) is 10.9 Å². The highest BCUT2D eigenvalue weighted by atomic mass is 16.6. The number of nitro groups is 1. The molecule has 1 saturated heterocycles. The average molecular weight is 358 g/mol. The molecule has 1 aromatic heterocycles. The number of rotatable bonds is 2. The van der Waals surface area contributed by atoms with Crippen LogP contribution >= 0.6 is 0 Å². The number of aromatic nitrogens is 1. The Bertz CT molecular complexity index is 839. The third-order valence-electron chi connectivity index (χ3n) is 4.19. The smallest absolute Gasteiger partial charge is 0.410 e. The zero-order valence-electron chi connectivity index (χ0n) is 15.1. The first-order chi connectivity index (χ1) is 12.3. The van der Waals surface area contributed by atoms with Crippen molar-refractivity contribution in [2.75, 3.05) is 31.1 Å².